The zero-order valence-corrected chi connectivity index (χ0v) is 15.0. The summed E-state index contributed by atoms with van der Waals surface area (Å²) in [6.45, 7) is 0.405. The molecule has 1 aliphatic heterocycles. The molecule has 1 atom stereocenters. The van der Waals surface area contributed by atoms with E-state index in [1.807, 2.05) is 30.3 Å². The summed E-state index contributed by atoms with van der Waals surface area (Å²) in [6, 6.07) is 14.8. The Bertz CT molecular complexity index is 839. The van der Waals surface area contributed by atoms with Crippen molar-refractivity contribution in [3.05, 3.63) is 65.2 Å². The number of rotatable bonds is 6. The molecule has 3 amide bonds. The van der Waals surface area contributed by atoms with Gasteiger partial charge in [0, 0.05) is 6.54 Å². The van der Waals surface area contributed by atoms with Gasteiger partial charge in [-0.2, -0.15) is 0 Å². The molecule has 0 aliphatic carbocycles. The maximum absolute atomic E-state index is 12.6. The lowest BCUT2D eigenvalue weighted by Crippen LogP contribution is -2.26. The van der Waals surface area contributed by atoms with Crippen LogP contribution in [0.5, 0.6) is 5.75 Å². The number of amides is 3. The number of nitrogens with one attached hydrogen (secondary N) is 2. The lowest BCUT2D eigenvalue weighted by molar-refractivity contribution is -0.118. The molecule has 26 heavy (non-hydrogen) atoms. The molecule has 134 valence electrons. The number of carbonyl (C=O) groups excluding carboxylic acids is 3. The van der Waals surface area contributed by atoms with E-state index in [-0.39, 0.29) is 17.1 Å². The summed E-state index contributed by atoms with van der Waals surface area (Å²) in [5.41, 5.74) is 2.18. The van der Waals surface area contributed by atoms with Gasteiger partial charge in [0.25, 0.3) is 11.1 Å². The highest BCUT2D eigenvalue weighted by Gasteiger charge is 2.31. The zero-order valence-electron chi connectivity index (χ0n) is 14.2. The molecule has 0 aromatic heterocycles. The minimum absolute atomic E-state index is 0.257. The fraction of sp³-hybridized carbons (Fsp3) is 0.211. The number of hydrogen-bond donors (Lipinski definition) is 2. The van der Waals surface area contributed by atoms with Crippen molar-refractivity contribution >= 4 is 28.8 Å². The predicted octanol–water partition coefficient (Wildman–Crippen LogP) is 2.52. The second-order valence-corrected chi connectivity index (χ2v) is 6.97. The predicted molar refractivity (Wildman–Crippen MR) is 99.2 cm³/mol. The van der Waals surface area contributed by atoms with Crippen molar-refractivity contribution in [2.45, 2.75) is 18.2 Å². The SMILES string of the molecule is COc1ccc(CC2SC(=O)NC2=O)cc1C(=O)NCc1ccccc1. The first-order valence-corrected chi connectivity index (χ1v) is 8.95. The van der Waals surface area contributed by atoms with Gasteiger partial charge in [0.05, 0.1) is 17.9 Å². The molecule has 6 nitrogen and oxygen atoms in total. The normalized spacial score (nSPS) is 16.3. The number of benzene rings is 2. The third-order valence-corrected chi connectivity index (χ3v) is 4.97. The van der Waals surface area contributed by atoms with Gasteiger partial charge in [0.2, 0.25) is 5.91 Å². The fourth-order valence-electron chi connectivity index (χ4n) is 2.67. The third-order valence-electron chi connectivity index (χ3n) is 3.99. The molecule has 0 bridgehead atoms. The molecule has 1 aliphatic rings. The standard InChI is InChI=1S/C19H18N2O4S/c1-25-15-8-7-13(10-16-18(23)21-19(24)26-16)9-14(15)17(22)20-11-12-5-3-2-4-6-12/h2-9,16H,10-11H2,1H3,(H,20,22)(H,21,23,24). The van der Waals surface area contributed by atoms with Crippen molar-refractivity contribution in [2.24, 2.45) is 0 Å². The van der Waals surface area contributed by atoms with Crippen LogP contribution in [0, 0.1) is 0 Å². The van der Waals surface area contributed by atoms with Crippen LogP contribution in [0.15, 0.2) is 48.5 Å². The molecule has 2 aromatic rings. The van der Waals surface area contributed by atoms with Gasteiger partial charge < -0.3 is 10.1 Å². The van der Waals surface area contributed by atoms with Gasteiger partial charge in [-0.1, -0.05) is 48.2 Å². The average molecular weight is 370 g/mol. The Hall–Kier alpha value is -2.80. The van der Waals surface area contributed by atoms with Crippen LogP contribution in [0.2, 0.25) is 0 Å². The van der Waals surface area contributed by atoms with Gasteiger partial charge >= 0.3 is 0 Å². The maximum atomic E-state index is 12.6. The highest BCUT2D eigenvalue weighted by atomic mass is 32.2. The van der Waals surface area contributed by atoms with Gasteiger partial charge in [0.1, 0.15) is 5.75 Å². The van der Waals surface area contributed by atoms with Crippen LogP contribution >= 0.6 is 11.8 Å². The van der Waals surface area contributed by atoms with Crippen molar-refractivity contribution in [1.82, 2.24) is 10.6 Å². The van der Waals surface area contributed by atoms with E-state index in [0.717, 1.165) is 22.9 Å². The summed E-state index contributed by atoms with van der Waals surface area (Å²) in [5, 5.41) is 4.32. The van der Waals surface area contributed by atoms with Gasteiger partial charge in [-0.05, 0) is 29.7 Å². The quantitative estimate of drug-likeness (QED) is 0.816. The molecule has 0 radical (unpaired) electrons. The minimum Gasteiger partial charge on any atom is -0.496 e. The summed E-state index contributed by atoms with van der Waals surface area (Å²) in [6.07, 6.45) is 0.366. The first-order chi connectivity index (χ1) is 12.6. The highest BCUT2D eigenvalue weighted by Crippen LogP contribution is 2.26. The molecule has 1 heterocycles. The van der Waals surface area contributed by atoms with Crippen molar-refractivity contribution in [3.8, 4) is 5.75 Å². The topological polar surface area (TPSA) is 84.5 Å². The largest absolute Gasteiger partial charge is 0.496 e. The Balaban J connectivity index is 1.73. The van der Waals surface area contributed by atoms with E-state index in [4.69, 9.17) is 4.74 Å². The van der Waals surface area contributed by atoms with Crippen molar-refractivity contribution in [3.63, 3.8) is 0 Å². The molecule has 0 saturated carbocycles. The van der Waals surface area contributed by atoms with Crippen LogP contribution in [0.4, 0.5) is 4.79 Å². The zero-order chi connectivity index (χ0) is 18.5. The summed E-state index contributed by atoms with van der Waals surface area (Å²) in [7, 11) is 1.50. The maximum Gasteiger partial charge on any atom is 0.286 e. The first-order valence-electron chi connectivity index (χ1n) is 8.07. The van der Waals surface area contributed by atoms with Crippen molar-refractivity contribution < 1.29 is 19.1 Å². The summed E-state index contributed by atoms with van der Waals surface area (Å²) in [5.74, 6) is -0.100. The molecule has 1 saturated heterocycles. The Morgan fingerprint density at radius 2 is 1.92 bits per heavy atom. The van der Waals surface area contributed by atoms with E-state index in [1.54, 1.807) is 18.2 Å². The van der Waals surface area contributed by atoms with Crippen molar-refractivity contribution in [1.29, 1.82) is 0 Å². The van der Waals surface area contributed by atoms with Crippen LogP contribution in [-0.2, 0) is 17.8 Å². The molecule has 7 heteroatoms. The van der Waals surface area contributed by atoms with E-state index >= 15 is 0 Å². The first kappa shape index (κ1) is 18.0. The Morgan fingerprint density at radius 3 is 2.58 bits per heavy atom. The molecule has 2 N–H and O–H groups in total. The van der Waals surface area contributed by atoms with Crippen LogP contribution in [0.25, 0.3) is 0 Å². The molecule has 2 aromatic carbocycles. The Morgan fingerprint density at radius 1 is 1.15 bits per heavy atom. The molecule has 1 unspecified atom stereocenters. The Labute approximate surface area is 155 Å². The van der Waals surface area contributed by atoms with Crippen LogP contribution in [0.3, 0.4) is 0 Å². The van der Waals surface area contributed by atoms with E-state index in [1.165, 1.54) is 7.11 Å². The molecule has 1 fully saturated rings. The van der Waals surface area contributed by atoms with E-state index < -0.39 is 5.25 Å². The van der Waals surface area contributed by atoms with E-state index in [9.17, 15) is 14.4 Å². The smallest absolute Gasteiger partial charge is 0.286 e. The average Bonchev–Trinajstić information content (AvgIpc) is 2.97. The van der Waals surface area contributed by atoms with Gasteiger partial charge in [0.15, 0.2) is 0 Å². The number of methoxy groups -OCH3 is 1. The lowest BCUT2D eigenvalue weighted by atomic mass is 10.0. The number of imide groups is 1. The molecule has 3 rings (SSSR count). The van der Waals surface area contributed by atoms with Crippen LogP contribution in [-0.4, -0.2) is 29.4 Å². The third kappa shape index (κ3) is 4.23. The number of ether oxygens (including phenoxy) is 1. The molecular weight excluding hydrogens is 352 g/mol. The molecular formula is C19H18N2O4S. The van der Waals surface area contributed by atoms with Gasteiger partial charge in [-0.25, -0.2) is 0 Å². The van der Waals surface area contributed by atoms with E-state index in [0.29, 0.717) is 24.3 Å². The number of carbonyl (C=O) groups is 3. The number of thioether (sulfide) groups is 1. The molecule has 0 spiro atoms. The lowest BCUT2D eigenvalue weighted by Gasteiger charge is -2.12. The summed E-state index contributed by atoms with van der Waals surface area (Å²) in [4.78, 5) is 35.6. The Kier molecular flexibility index (Phi) is 5.58. The second-order valence-electron chi connectivity index (χ2n) is 5.79. The van der Waals surface area contributed by atoms with Gasteiger partial charge in [-0.15, -0.1) is 0 Å². The van der Waals surface area contributed by atoms with Crippen LogP contribution < -0.4 is 15.4 Å². The van der Waals surface area contributed by atoms with E-state index in [2.05, 4.69) is 10.6 Å². The fourth-order valence-corrected chi connectivity index (χ4v) is 3.53. The van der Waals surface area contributed by atoms with Gasteiger partial charge in [-0.3, -0.25) is 19.7 Å². The summed E-state index contributed by atoms with van der Waals surface area (Å²) >= 11 is 0.969. The van der Waals surface area contributed by atoms with Crippen molar-refractivity contribution in [2.75, 3.05) is 7.11 Å². The van der Waals surface area contributed by atoms with Crippen LogP contribution in [0.1, 0.15) is 21.5 Å². The number of hydrogen-bond acceptors (Lipinski definition) is 5. The monoisotopic (exact) mass is 370 g/mol. The second kappa shape index (κ2) is 8.05. The highest BCUT2D eigenvalue weighted by molar-refractivity contribution is 8.15. The summed E-state index contributed by atoms with van der Waals surface area (Å²) < 4.78 is 5.28. The minimum atomic E-state index is -0.476.